The highest BCUT2D eigenvalue weighted by atomic mass is 32.1. The minimum atomic E-state index is -0.0921. The Morgan fingerprint density at radius 2 is 2.17 bits per heavy atom. The van der Waals surface area contributed by atoms with Gasteiger partial charge in [-0.25, -0.2) is 0 Å². The summed E-state index contributed by atoms with van der Waals surface area (Å²) >= 11 is 1.69. The van der Waals surface area contributed by atoms with Crippen LogP contribution in [0.4, 0.5) is 0 Å². The molecule has 1 aliphatic rings. The van der Waals surface area contributed by atoms with Gasteiger partial charge in [-0.15, -0.1) is 11.3 Å². The first-order valence-corrected chi connectivity index (χ1v) is 9.09. The predicted octanol–water partition coefficient (Wildman–Crippen LogP) is 1.84. The molecule has 0 saturated carbocycles. The number of aromatic nitrogens is 2. The third-order valence-corrected chi connectivity index (χ3v) is 5.25. The number of aryl methyl sites for hydroxylation is 2. The summed E-state index contributed by atoms with van der Waals surface area (Å²) in [7, 11) is 1.79. The van der Waals surface area contributed by atoms with E-state index in [1.54, 1.807) is 35.5 Å². The van der Waals surface area contributed by atoms with Crippen LogP contribution in [0.5, 0.6) is 0 Å². The first kappa shape index (κ1) is 16.7. The molecule has 1 N–H and O–H groups in total. The molecule has 24 heavy (non-hydrogen) atoms. The predicted molar refractivity (Wildman–Crippen MR) is 92.9 cm³/mol. The molecule has 7 heteroatoms. The maximum Gasteiger partial charge on any atom is 0.254 e. The molecular formula is C17H22N4O2S. The van der Waals surface area contributed by atoms with Crippen molar-refractivity contribution in [3.63, 3.8) is 0 Å². The number of nitrogens with one attached hydrogen (secondary N) is 1. The number of amides is 2. The molecule has 3 heterocycles. The van der Waals surface area contributed by atoms with Crippen molar-refractivity contribution in [2.75, 3.05) is 13.1 Å². The summed E-state index contributed by atoms with van der Waals surface area (Å²) in [5.41, 5.74) is 0.576. The lowest BCUT2D eigenvalue weighted by Gasteiger charge is -2.32. The van der Waals surface area contributed by atoms with Crippen LogP contribution in [0.15, 0.2) is 29.9 Å². The van der Waals surface area contributed by atoms with E-state index in [0.29, 0.717) is 25.1 Å². The van der Waals surface area contributed by atoms with Gasteiger partial charge in [-0.05, 0) is 30.7 Å². The van der Waals surface area contributed by atoms with E-state index in [4.69, 9.17) is 0 Å². The molecule has 0 aromatic carbocycles. The fourth-order valence-electron chi connectivity index (χ4n) is 2.92. The molecule has 128 valence electrons. The van der Waals surface area contributed by atoms with Crippen molar-refractivity contribution in [3.8, 4) is 0 Å². The molecule has 6 nitrogen and oxygen atoms in total. The second-order valence-corrected chi connectivity index (χ2v) is 7.14. The lowest BCUT2D eigenvalue weighted by atomic mass is 10.0. The summed E-state index contributed by atoms with van der Waals surface area (Å²) in [6, 6.07) is 4.21. The van der Waals surface area contributed by atoms with E-state index in [1.807, 2.05) is 16.3 Å². The van der Waals surface area contributed by atoms with E-state index in [0.717, 1.165) is 19.3 Å². The van der Waals surface area contributed by atoms with Crippen LogP contribution in [-0.4, -0.2) is 45.6 Å². The van der Waals surface area contributed by atoms with Crippen LogP contribution in [-0.2, 0) is 18.3 Å². The molecule has 2 aromatic rings. The number of carbonyl (C=O) groups is 2. The molecule has 0 aliphatic carbocycles. The molecule has 0 unspecified atom stereocenters. The Morgan fingerprint density at radius 1 is 1.38 bits per heavy atom. The van der Waals surface area contributed by atoms with Crippen LogP contribution < -0.4 is 5.32 Å². The lowest BCUT2D eigenvalue weighted by Crippen LogP contribution is -2.46. The van der Waals surface area contributed by atoms with Gasteiger partial charge in [0.25, 0.3) is 5.91 Å². The Balaban J connectivity index is 1.42. The lowest BCUT2D eigenvalue weighted by molar-refractivity contribution is -0.132. The molecule has 2 amide bonds. The summed E-state index contributed by atoms with van der Waals surface area (Å²) < 4.78 is 1.61. The van der Waals surface area contributed by atoms with Crippen LogP contribution in [0, 0.1) is 0 Å². The molecule has 2 aromatic heterocycles. The van der Waals surface area contributed by atoms with Gasteiger partial charge < -0.3 is 10.2 Å². The molecular weight excluding hydrogens is 324 g/mol. The molecule has 0 atom stereocenters. The summed E-state index contributed by atoms with van der Waals surface area (Å²) in [4.78, 5) is 27.6. The number of thiophene rings is 1. The van der Waals surface area contributed by atoms with Crippen molar-refractivity contribution in [1.82, 2.24) is 20.0 Å². The van der Waals surface area contributed by atoms with Gasteiger partial charge in [0.05, 0.1) is 11.8 Å². The first-order chi connectivity index (χ1) is 11.6. The number of hydrogen-bond acceptors (Lipinski definition) is 4. The van der Waals surface area contributed by atoms with Gasteiger partial charge in [-0.2, -0.15) is 5.10 Å². The second-order valence-electron chi connectivity index (χ2n) is 6.11. The molecule has 1 fully saturated rings. The largest absolute Gasteiger partial charge is 0.349 e. The second kappa shape index (κ2) is 7.61. The van der Waals surface area contributed by atoms with Gasteiger partial charge >= 0.3 is 0 Å². The summed E-state index contributed by atoms with van der Waals surface area (Å²) in [5.74, 6) is 0.117. The van der Waals surface area contributed by atoms with Gasteiger partial charge in [0.2, 0.25) is 5.91 Å². The highest BCUT2D eigenvalue weighted by Gasteiger charge is 2.24. The summed E-state index contributed by atoms with van der Waals surface area (Å²) in [6.45, 7) is 1.42. The molecule has 3 rings (SSSR count). The van der Waals surface area contributed by atoms with E-state index in [9.17, 15) is 9.59 Å². The molecule has 0 bridgehead atoms. The highest BCUT2D eigenvalue weighted by Crippen LogP contribution is 2.15. The zero-order valence-corrected chi connectivity index (χ0v) is 14.6. The van der Waals surface area contributed by atoms with E-state index in [1.165, 1.54) is 4.88 Å². The van der Waals surface area contributed by atoms with Gasteiger partial charge in [-0.1, -0.05) is 6.07 Å². The van der Waals surface area contributed by atoms with Crippen LogP contribution in [0.2, 0.25) is 0 Å². The fourth-order valence-corrected chi connectivity index (χ4v) is 3.63. The SMILES string of the molecule is Cn1cc(C(=O)NC2CCN(C(=O)CCc3cccs3)CC2)cn1. The number of likely N-dealkylation sites (tertiary alicyclic amines) is 1. The maximum atomic E-state index is 12.3. The van der Waals surface area contributed by atoms with Crippen LogP contribution in [0.25, 0.3) is 0 Å². The monoisotopic (exact) mass is 346 g/mol. The number of nitrogens with zero attached hydrogens (tertiary/aromatic N) is 3. The molecule has 0 spiro atoms. The minimum Gasteiger partial charge on any atom is -0.349 e. The van der Waals surface area contributed by atoms with Crippen molar-refractivity contribution in [2.24, 2.45) is 7.05 Å². The van der Waals surface area contributed by atoms with Crippen molar-refractivity contribution < 1.29 is 9.59 Å². The molecule has 1 saturated heterocycles. The third-order valence-electron chi connectivity index (χ3n) is 4.32. The Labute approximate surface area is 145 Å². The maximum absolute atomic E-state index is 12.3. The normalized spacial score (nSPS) is 15.5. The number of piperidine rings is 1. The van der Waals surface area contributed by atoms with Crippen LogP contribution in [0.3, 0.4) is 0 Å². The highest BCUT2D eigenvalue weighted by molar-refractivity contribution is 7.09. The Bertz CT molecular complexity index is 687. The van der Waals surface area contributed by atoms with E-state index in [2.05, 4.69) is 16.5 Å². The fraction of sp³-hybridized carbons (Fsp3) is 0.471. The topological polar surface area (TPSA) is 67.2 Å². The van der Waals surface area contributed by atoms with Crippen molar-refractivity contribution in [2.45, 2.75) is 31.7 Å². The summed E-state index contributed by atoms with van der Waals surface area (Å²) in [5, 5.41) is 9.08. The summed E-state index contributed by atoms with van der Waals surface area (Å²) in [6.07, 6.45) is 6.26. The van der Waals surface area contributed by atoms with Gasteiger partial charge in [0.15, 0.2) is 0 Å². The van der Waals surface area contributed by atoms with Crippen LogP contribution in [0.1, 0.15) is 34.5 Å². The molecule has 0 radical (unpaired) electrons. The molecule has 1 aliphatic heterocycles. The van der Waals surface area contributed by atoms with Crippen LogP contribution >= 0.6 is 11.3 Å². The number of hydrogen-bond donors (Lipinski definition) is 1. The van der Waals surface area contributed by atoms with Crippen molar-refractivity contribution >= 4 is 23.2 Å². The smallest absolute Gasteiger partial charge is 0.254 e. The number of carbonyl (C=O) groups excluding carboxylic acids is 2. The quantitative estimate of drug-likeness (QED) is 0.898. The zero-order chi connectivity index (χ0) is 16.9. The van der Waals surface area contributed by atoms with Gasteiger partial charge in [0.1, 0.15) is 0 Å². The first-order valence-electron chi connectivity index (χ1n) is 8.21. The number of rotatable bonds is 5. The Kier molecular flexibility index (Phi) is 5.30. The third kappa shape index (κ3) is 4.23. The van der Waals surface area contributed by atoms with E-state index >= 15 is 0 Å². The van der Waals surface area contributed by atoms with Gasteiger partial charge in [-0.3, -0.25) is 14.3 Å². The van der Waals surface area contributed by atoms with Crippen molar-refractivity contribution in [1.29, 1.82) is 0 Å². The minimum absolute atomic E-state index is 0.0921. The average Bonchev–Trinajstić information content (AvgIpc) is 3.25. The standard InChI is InChI=1S/C17H22N4O2S/c1-20-12-13(11-18-20)17(23)19-14-6-8-21(9-7-14)16(22)5-4-15-3-2-10-24-15/h2-3,10-12,14H,4-9H2,1H3,(H,19,23). The van der Waals surface area contributed by atoms with E-state index < -0.39 is 0 Å². The average molecular weight is 346 g/mol. The van der Waals surface area contributed by atoms with Gasteiger partial charge in [0, 0.05) is 43.7 Å². The Morgan fingerprint density at radius 3 is 2.79 bits per heavy atom. The Hall–Kier alpha value is -2.15. The van der Waals surface area contributed by atoms with E-state index in [-0.39, 0.29) is 17.9 Å². The zero-order valence-electron chi connectivity index (χ0n) is 13.8. The van der Waals surface area contributed by atoms with Crippen molar-refractivity contribution in [3.05, 3.63) is 40.3 Å².